The fourth-order valence-corrected chi connectivity index (χ4v) is 2.72. The topological polar surface area (TPSA) is 61.4 Å². The van der Waals surface area contributed by atoms with Crippen LogP contribution in [-0.4, -0.2) is 54.2 Å². The quantitative estimate of drug-likeness (QED) is 0.610. The fourth-order valence-electron chi connectivity index (χ4n) is 2.61. The molecule has 116 valence electrons. The van der Waals surface area contributed by atoms with Crippen molar-refractivity contribution in [3.05, 3.63) is 0 Å². The number of nitrogens with one attached hydrogen (secondary N) is 2. The summed E-state index contributed by atoms with van der Waals surface area (Å²) < 4.78 is 0. The van der Waals surface area contributed by atoms with E-state index in [-0.39, 0.29) is 11.8 Å². The molecule has 6 heteroatoms. The summed E-state index contributed by atoms with van der Waals surface area (Å²) in [4.78, 5) is 25.5. The predicted molar refractivity (Wildman–Crippen MR) is 84.0 cm³/mol. The molecule has 1 rings (SSSR count). The Morgan fingerprint density at radius 2 is 1.70 bits per heavy atom. The van der Waals surface area contributed by atoms with E-state index < -0.39 is 0 Å². The van der Waals surface area contributed by atoms with E-state index in [2.05, 4.69) is 42.0 Å². The molecule has 0 aromatic heterocycles. The summed E-state index contributed by atoms with van der Waals surface area (Å²) in [6.07, 6.45) is 3.88. The second-order valence-corrected chi connectivity index (χ2v) is 5.92. The first-order valence-electron chi connectivity index (χ1n) is 7.44. The third-order valence-electron chi connectivity index (χ3n) is 3.81. The molecule has 0 radical (unpaired) electrons. The average molecular weight is 301 g/mol. The SMILES string of the molecule is CC1CCCC(C)N1CC(=O)NCCC(=O)NCCS. The molecule has 2 amide bonds. The molecule has 1 aliphatic heterocycles. The van der Waals surface area contributed by atoms with Crippen LogP contribution in [0.1, 0.15) is 39.5 Å². The largest absolute Gasteiger partial charge is 0.355 e. The molecule has 0 spiro atoms. The highest BCUT2D eigenvalue weighted by molar-refractivity contribution is 7.80. The van der Waals surface area contributed by atoms with Crippen LogP contribution in [0.2, 0.25) is 0 Å². The van der Waals surface area contributed by atoms with Crippen molar-refractivity contribution in [1.29, 1.82) is 0 Å². The van der Waals surface area contributed by atoms with Crippen LogP contribution in [0.25, 0.3) is 0 Å². The van der Waals surface area contributed by atoms with E-state index in [4.69, 9.17) is 0 Å². The summed E-state index contributed by atoms with van der Waals surface area (Å²) in [7, 11) is 0. The summed E-state index contributed by atoms with van der Waals surface area (Å²) in [5.74, 6) is 0.592. The first kappa shape index (κ1) is 17.3. The molecule has 1 fully saturated rings. The van der Waals surface area contributed by atoms with Crippen molar-refractivity contribution in [2.24, 2.45) is 0 Å². The van der Waals surface area contributed by atoms with Crippen LogP contribution >= 0.6 is 12.6 Å². The summed E-state index contributed by atoms with van der Waals surface area (Å²) in [5, 5.41) is 5.54. The van der Waals surface area contributed by atoms with E-state index in [1.54, 1.807) is 0 Å². The first-order valence-corrected chi connectivity index (χ1v) is 8.07. The zero-order valence-corrected chi connectivity index (χ0v) is 13.4. The second kappa shape index (κ2) is 9.23. The molecule has 0 saturated carbocycles. The predicted octanol–water partition coefficient (Wildman–Crippen LogP) is 0.802. The van der Waals surface area contributed by atoms with E-state index in [9.17, 15) is 9.59 Å². The van der Waals surface area contributed by atoms with E-state index in [1.165, 1.54) is 6.42 Å². The number of hydrogen-bond donors (Lipinski definition) is 3. The number of hydrogen-bond acceptors (Lipinski definition) is 4. The van der Waals surface area contributed by atoms with Gasteiger partial charge in [0.2, 0.25) is 11.8 Å². The van der Waals surface area contributed by atoms with Crippen molar-refractivity contribution in [2.45, 2.75) is 51.6 Å². The lowest BCUT2D eigenvalue weighted by Gasteiger charge is -2.38. The lowest BCUT2D eigenvalue weighted by atomic mass is 9.97. The average Bonchev–Trinajstić information content (AvgIpc) is 2.41. The summed E-state index contributed by atoms with van der Waals surface area (Å²) >= 11 is 4.02. The van der Waals surface area contributed by atoms with Gasteiger partial charge < -0.3 is 10.6 Å². The Morgan fingerprint density at radius 3 is 2.30 bits per heavy atom. The van der Waals surface area contributed by atoms with Gasteiger partial charge >= 0.3 is 0 Å². The van der Waals surface area contributed by atoms with Crippen molar-refractivity contribution in [3.63, 3.8) is 0 Å². The second-order valence-electron chi connectivity index (χ2n) is 5.47. The molecule has 1 heterocycles. The number of carbonyl (C=O) groups excluding carboxylic acids is 2. The van der Waals surface area contributed by atoms with Crippen molar-refractivity contribution in [2.75, 3.05) is 25.4 Å². The summed E-state index contributed by atoms with van der Waals surface area (Å²) in [6.45, 7) is 5.74. The van der Waals surface area contributed by atoms with Gasteiger partial charge in [-0.25, -0.2) is 0 Å². The Morgan fingerprint density at radius 1 is 1.10 bits per heavy atom. The lowest BCUT2D eigenvalue weighted by Crippen LogP contribution is -2.49. The Bertz CT molecular complexity index is 316. The number of rotatable bonds is 7. The minimum atomic E-state index is -0.0425. The third kappa shape index (κ3) is 6.13. The van der Waals surface area contributed by atoms with Crippen LogP contribution in [0.4, 0.5) is 0 Å². The van der Waals surface area contributed by atoms with Crippen molar-refractivity contribution in [3.8, 4) is 0 Å². The summed E-state index contributed by atoms with van der Waals surface area (Å²) in [5.41, 5.74) is 0. The Hall–Kier alpha value is -0.750. The van der Waals surface area contributed by atoms with Gasteiger partial charge in [-0.3, -0.25) is 14.5 Å². The van der Waals surface area contributed by atoms with Gasteiger partial charge in [-0.15, -0.1) is 0 Å². The zero-order valence-electron chi connectivity index (χ0n) is 12.5. The monoisotopic (exact) mass is 301 g/mol. The maximum Gasteiger partial charge on any atom is 0.234 e. The van der Waals surface area contributed by atoms with Crippen LogP contribution in [0.5, 0.6) is 0 Å². The molecule has 0 aromatic rings. The normalized spacial score (nSPS) is 23.4. The van der Waals surface area contributed by atoms with Crippen molar-refractivity contribution < 1.29 is 9.59 Å². The standard InChI is InChI=1S/C14H27N3O2S/c1-11-4-3-5-12(2)17(11)10-14(19)15-7-6-13(18)16-8-9-20/h11-12,20H,3-10H2,1-2H3,(H,15,19)(H,16,18). The molecule has 2 N–H and O–H groups in total. The van der Waals surface area contributed by atoms with Gasteiger partial charge in [-0.2, -0.15) is 12.6 Å². The summed E-state index contributed by atoms with van der Waals surface area (Å²) in [6, 6.07) is 0.923. The van der Waals surface area contributed by atoms with E-state index >= 15 is 0 Å². The fraction of sp³-hybridized carbons (Fsp3) is 0.857. The van der Waals surface area contributed by atoms with Gasteiger partial charge in [0, 0.05) is 37.3 Å². The molecule has 0 aliphatic carbocycles. The van der Waals surface area contributed by atoms with Crippen LogP contribution in [-0.2, 0) is 9.59 Å². The maximum atomic E-state index is 11.9. The van der Waals surface area contributed by atoms with Gasteiger partial charge in [-0.05, 0) is 26.7 Å². The molecule has 20 heavy (non-hydrogen) atoms. The van der Waals surface area contributed by atoms with Gasteiger partial charge in [0.1, 0.15) is 0 Å². The zero-order chi connectivity index (χ0) is 15.0. The molecule has 1 aliphatic rings. The van der Waals surface area contributed by atoms with Crippen molar-refractivity contribution in [1.82, 2.24) is 15.5 Å². The van der Waals surface area contributed by atoms with Crippen molar-refractivity contribution >= 4 is 24.4 Å². The van der Waals surface area contributed by atoms with E-state index in [0.29, 0.717) is 43.9 Å². The van der Waals surface area contributed by atoms with E-state index in [0.717, 1.165) is 12.8 Å². The first-order chi connectivity index (χ1) is 9.54. The number of carbonyl (C=O) groups is 2. The van der Waals surface area contributed by atoms with Crippen LogP contribution in [0.3, 0.4) is 0 Å². The van der Waals surface area contributed by atoms with E-state index in [1.807, 2.05) is 0 Å². The third-order valence-corrected chi connectivity index (χ3v) is 4.03. The Labute approximate surface area is 127 Å². The van der Waals surface area contributed by atoms with Gasteiger partial charge in [0.15, 0.2) is 0 Å². The Balaban J connectivity index is 2.21. The smallest absolute Gasteiger partial charge is 0.234 e. The lowest BCUT2D eigenvalue weighted by molar-refractivity contribution is -0.124. The van der Waals surface area contributed by atoms with Gasteiger partial charge in [0.25, 0.3) is 0 Å². The number of nitrogens with zero attached hydrogens (tertiary/aromatic N) is 1. The molecule has 2 unspecified atom stereocenters. The maximum absolute atomic E-state index is 11.9. The molecule has 0 bridgehead atoms. The highest BCUT2D eigenvalue weighted by Gasteiger charge is 2.26. The van der Waals surface area contributed by atoms with Gasteiger partial charge in [-0.1, -0.05) is 6.42 Å². The highest BCUT2D eigenvalue weighted by atomic mass is 32.1. The van der Waals surface area contributed by atoms with Crippen LogP contribution in [0.15, 0.2) is 0 Å². The minimum Gasteiger partial charge on any atom is -0.355 e. The van der Waals surface area contributed by atoms with Crippen LogP contribution < -0.4 is 10.6 Å². The molecule has 2 atom stereocenters. The number of amides is 2. The molecule has 5 nitrogen and oxygen atoms in total. The molecular formula is C14H27N3O2S. The molecule has 0 aromatic carbocycles. The molecular weight excluding hydrogens is 274 g/mol. The number of piperidine rings is 1. The number of likely N-dealkylation sites (tertiary alicyclic amines) is 1. The Kier molecular flexibility index (Phi) is 7.99. The minimum absolute atomic E-state index is 0.00703. The highest BCUT2D eigenvalue weighted by Crippen LogP contribution is 2.21. The molecule has 1 saturated heterocycles. The number of thiol groups is 1. The van der Waals surface area contributed by atoms with Gasteiger partial charge in [0.05, 0.1) is 6.54 Å². The van der Waals surface area contributed by atoms with Crippen LogP contribution in [0, 0.1) is 0 Å².